The normalized spacial score (nSPS) is 13.0. The summed E-state index contributed by atoms with van der Waals surface area (Å²) in [6, 6.07) is 0. The monoisotopic (exact) mass is 228 g/mol. The molecule has 1 rings (SSSR count). The molecule has 0 aliphatic carbocycles. The Morgan fingerprint density at radius 2 is 2.40 bits per heavy atom. The summed E-state index contributed by atoms with van der Waals surface area (Å²) in [6.45, 7) is 6.04. The Labute approximate surface area is 95.6 Å². The van der Waals surface area contributed by atoms with E-state index in [1.807, 2.05) is 16.4 Å². The molecule has 0 spiro atoms. The molecule has 0 radical (unpaired) electrons. The first kappa shape index (κ1) is 12.5. The molecule has 1 aromatic rings. The van der Waals surface area contributed by atoms with Crippen molar-refractivity contribution in [1.82, 2.24) is 14.8 Å². The predicted molar refractivity (Wildman–Crippen MR) is 64.7 cm³/mol. The molecule has 5 heteroatoms. The average molecular weight is 228 g/mol. The summed E-state index contributed by atoms with van der Waals surface area (Å²) in [5.41, 5.74) is 5.56. The second kappa shape index (κ2) is 6.85. The highest BCUT2D eigenvalue weighted by Crippen LogP contribution is 2.13. The quantitative estimate of drug-likeness (QED) is 0.768. The molecule has 1 unspecified atom stereocenters. The van der Waals surface area contributed by atoms with Gasteiger partial charge < -0.3 is 5.73 Å². The largest absolute Gasteiger partial charge is 0.330 e. The highest BCUT2D eigenvalue weighted by Gasteiger charge is 2.05. The van der Waals surface area contributed by atoms with E-state index in [0.717, 1.165) is 36.8 Å². The van der Waals surface area contributed by atoms with E-state index in [2.05, 4.69) is 23.9 Å². The minimum Gasteiger partial charge on any atom is -0.330 e. The number of nitrogens with zero attached hydrogens (tertiary/aromatic N) is 3. The first-order valence-corrected chi connectivity index (χ1v) is 6.57. The molecule has 0 aromatic carbocycles. The SMILES string of the molecule is CCCn1ncnc1CSCC(C)CN. The van der Waals surface area contributed by atoms with Crippen molar-refractivity contribution >= 4 is 11.8 Å². The van der Waals surface area contributed by atoms with Gasteiger partial charge in [0, 0.05) is 6.54 Å². The maximum Gasteiger partial charge on any atom is 0.138 e. The number of hydrogen-bond acceptors (Lipinski definition) is 4. The lowest BCUT2D eigenvalue weighted by Gasteiger charge is -2.08. The Hall–Kier alpha value is -0.550. The molecule has 0 aliphatic rings. The van der Waals surface area contributed by atoms with Crippen LogP contribution in [0.1, 0.15) is 26.1 Å². The third-order valence-electron chi connectivity index (χ3n) is 2.17. The molecule has 0 amide bonds. The van der Waals surface area contributed by atoms with E-state index in [1.54, 1.807) is 6.33 Å². The van der Waals surface area contributed by atoms with Gasteiger partial charge in [-0.15, -0.1) is 0 Å². The molecule has 1 aromatic heterocycles. The molecular weight excluding hydrogens is 208 g/mol. The van der Waals surface area contributed by atoms with Gasteiger partial charge in [0.2, 0.25) is 0 Å². The molecule has 0 saturated carbocycles. The third kappa shape index (κ3) is 4.22. The standard InChI is InChI=1S/C10H20N4S/c1-3-4-14-10(12-8-13-14)7-15-6-9(2)5-11/h8-9H,3-7,11H2,1-2H3. The van der Waals surface area contributed by atoms with E-state index >= 15 is 0 Å². The van der Waals surface area contributed by atoms with Gasteiger partial charge >= 0.3 is 0 Å². The molecule has 86 valence electrons. The van der Waals surface area contributed by atoms with Crippen LogP contribution >= 0.6 is 11.8 Å². The first-order chi connectivity index (χ1) is 7.27. The summed E-state index contributed by atoms with van der Waals surface area (Å²) in [4.78, 5) is 4.26. The summed E-state index contributed by atoms with van der Waals surface area (Å²) >= 11 is 1.88. The van der Waals surface area contributed by atoms with E-state index < -0.39 is 0 Å². The fourth-order valence-corrected chi connectivity index (χ4v) is 2.28. The Morgan fingerprint density at radius 1 is 1.60 bits per heavy atom. The molecule has 0 saturated heterocycles. The molecule has 1 heterocycles. The van der Waals surface area contributed by atoms with Gasteiger partial charge in [0.15, 0.2) is 0 Å². The highest BCUT2D eigenvalue weighted by molar-refractivity contribution is 7.98. The van der Waals surface area contributed by atoms with Crippen LogP contribution in [0.2, 0.25) is 0 Å². The van der Waals surface area contributed by atoms with Crippen molar-refractivity contribution in [3.63, 3.8) is 0 Å². The van der Waals surface area contributed by atoms with Crippen molar-refractivity contribution in [3.05, 3.63) is 12.2 Å². The zero-order chi connectivity index (χ0) is 11.1. The average Bonchev–Trinajstić information content (AvgIpc) is 2.66. The van der Waals surface area contributed by atoms with E-state index in [-0.39, 0.29) is 0 Å². The zero-order valence-electron chi connectivity index (χ0n) is 9.52. The van der Waals surface area contributed by atoms with Crippen LogP contribution in [0.25, 0.3) is 0 Å². The van der Waals surface area contributed by atoms with Gasteiger partial charge in [-0.3, -0.25) is 0 Å². The lowest BCUT2D eigenvalue weighted by atomic mass is 10.2. The molecular formula is C10H20N4S. The highest BCUT2D eigenvalue weighted by atomic mass is 32.2. The van der Waals surface area contributed by atoms with Gasteiger partial charge in [0.25, 0.3) is 0 Å². The van der Waals surface area contributed by atoms with Gasteiger partial charge in [-0.2, -0.15) is 16.9 Å². The van der Waals surface area contributed by atoms with Crippen LogP contribution < -0.4 is 5.73 Å². The Balaban J connectivity index is 2.33. The smallest absolute Gasteiger partial charge is 0.138 e. The van der Waals surface area contributed by atoms with E-state index in [0.29, 0.717) is 5.92 Å². The molecule has 0 bridgehead atoms. The fraction of sp³-hybridized carbons (Fsp3) is 0.800. The molecule has 0 fully saturated rings. The van der Waals surface area contributed by atoms with Gasteiger partial charge in [0.05, 0.1) is 5.75 Å². The molecule has 15 heavy (non-hydrogen) atoms. The van der Waals surface area contributed by atoms with E-state index in [9.17, 15) is 0 Å². The van der Waals surface area contributed by atoms with Crippen molar-refractivity contribution in [2.45, 2.75) is 32.6 Å². The Kier molecular flexibility index (Phi) is 5.71. The topological polar surface area (TPSA) is 56.7 Å². The van der Waals surface area contributed by atoms with Crippen LogP contribution in [-0.4, -0.2) is 27.1 Å². The van der Waals surface area contributed by atoms with E-state index in [4.69, 9.17) is 5.73 Å². The maximum atomic E-state index is 5.56. The van der Waals surface area contributed by atoms with Gasteiger partial charge in [0.1, 0.15) is 12.2 Å². The zero-order valence-corrected chi connectivity index (χ0v) is 10.3. The minimum absolute atomic E-state index is 0.581. The van der Waals surface area contributed by atoms with Crippen LogP contribution in [-0.2, 0) is 12.3 Å². The number of aromatic nitrogens is 3. The van der Waals surface area contributed by atoms with Gasteiger partial charge in [-0.1, -0.05) is 13.8 Å². The summed E-state index contributed by atoms with van der Waals surface area (Å²) in [7, 11) is 0. The summed E-state index contributed by atoms with van der Waals surface area (Å²) in [6.07, 6.45) is 2.73. The maximum absolute atomic E-state index is 5.56. The van der Waals surface area contributed by atoms with Gasteiger partial charge in [-0.05, 0) is 24.6 Å². The first-order valence-electron chi connectivity index (χ1n) is 5.42. The predicted octanol–water partition coefficient (Wildman–Crippen LogP) is 1.52. The van der Waals surface area contributed by atoms with Crippen LogP contribution in [0.4, 0.5) is 0 Å². The van der Waals surface area contributed by atoms with Crippen LogP contribution in [0.15, 0.2) is 6.33 Å². The second-order valence-corrected chi connectivity index (χ2v) is 4.79. The molecule has 4 nitrogen and oxygen atoms in total. The van der Waals surface area contributed by atoms with Crippen molar-refractivity contribution in [2.24, 2.45) is 11.7 Å². The van der Waals surface area contributed by atoms with Crippen molar-refractivity contribution < 1.29 is 0 Å². The molecule has 0 aliphatic heterocycles. The number of rotatable bonds is 7. The van der Waals surface area contributed by atoms with Crippen LogP contribution in [0.5, 0.6) is 0 Å². The third-order valence-corrected chi connectivity index (χ3v) is 3.43. The van der Waals surface area contributed by atoms with E-state index in [1.165, 1.54) is 0 Å². The molecule has 1 atom stereocenters. The van der Waals surface area contributed by atoms with Crippen molar-refractivity contribution in [1.29, 1.82) is 0 Å². The van der Waals surface area contributed by atoms with Crippen LogP contribution in [0, 0.1) is 5.92 Å². The number of nitrogens with two attached hydrogens (primary N) is 1. The molecule has 2 N–H and O–H groups in total. The van der Waals surface area contributed by atoms with Crippen molar-refractivity contribution in [2.75, 3.05) is 12.3 Å². The summed E-state index contributed by atoms with van der Waals surface area (Å²) < 4.78 is 1.99. The van der Waals surface area contributed by atoms with Gasteiger partial charge in [-0.25, -0.2) is 9.67 Å². The number of thioether (sulfide) groups is 1. The van der Waals surface area contributed by atoms with Crippen LogP contribution in [0.3, 0.4) is 0 Å². The fourth-order valence-electron chi connectivity index (χ4n) is 1.22. The number of aryl methyl sites for hydroxylation is 1. The summed E-state index contributed by atoms with van der Waals surface area (Å²) in [5.74, 6) is 3.68. The lowest BCUT2D eigenvalue weighted by molar-refractivity contribution is 0.581. The Bertz CT molecular complexity index is 274. The van der Waals surface area contributed by atoms with Crippen molar-refractivity contribution in [3.8, 4) is 0 Å². The Morgan fingerprint density at radius 3 is 3.07 bits per heavy atom. The minimum atomic E-state index is 0.581. The second-order valence-electron chi connectivity index (χ2n) is 3.76. The summed E-state index contributed by atoms with van der Waals surface area (Å²) in [5, 5.41) is 4.19. The number of hydrogen-bond donors (Lipinski definition) is 1. The lowest BCUT2D eigenvalue weighted by Crippen LogP contribution is -2.13.